The number of nitrogens with zero attached hydrogens (tertiary/aromatic N) is 3. The third-order valence-electron chi connectivity index (χ3n) is 2.96. The Morgan fingerprint density at radius 3 is 2.72 bits per heavy atom. The molecule has 2 aromatic rings. The van der Waals surface area contributed by atoms with Crippen molar-refractivity contribution in [1.82, 2.24) is 14.2 Å². The van der Waals surface area contributed by atoms with Crippen molar-refractivity contribution < 1.29 is 4.74 Å². The van der Waals surface area contributed by atoms with Crippen molar-refractivity contribution in [1.29, 1.82) is 0 Å². The molecule has 2 aromatic heterocycles. The van der Waals surface area contributed by atoms with E-state index in [1.165, 1.54) is 17.1 Å². The SMILES string of the molecule is COc1c(N)nsc1NCc1c(C)nn(C)c1C. The lowest BCUT2D eigenvalue weighted by Gasteiger charge is -2.06. The zero-order valence-electron chi connectivity index (χ0n) is 10.9. The Morgan fingerprint density at radius 2 is 2.17 bits per heavy atom. The Bertz CT molecular complexity index is 560. The summed E-state index contributed by atoms with van der Waals surface area (Å²) in [6.07, 6.45) is 0. The smallest absolute Gasteiger partial charge is 0.197 e. The molecule has 0 spiro atoms. The number of nitrogens with two attached hydrogens (primary N) is 1. The maximum atomic E-state index is 5.70. The van der Waals surface area contributed by atoms with Crippen molar-refractivity contribution in [3.63, 3.8) is 0 Å². The van der Waals surface area contributed by atoms with Crippen LogP contribution in [0.15, 0.2) is 0 Å². The van der Waals surface area contributed by atoms with E-state index >= 15 is 0 Å². The molecule has 0 radical (unpaired) electrons. The van der Waals surface area contributed by atoms with Crippen LogP contribution in [0.5, 0.6) is 5.75 Å². The average molecular weight is 267 g/mol. The van der Waals surface area contributed by atoms with Gasteiger partial charge in [0.25, 0.3) is 0 Å². The van der Waals surface area contributed by atoms with Crippen molar-refractivity contribution >= 4 is 22.4 Å². The molecule has 0 saturated carbocycles. The minimum Gasteiger partial charge on any atom is -0.490 e. The van der Waals surface area contributed by atoms with Crippen molar-refractivity contribution in [2.75, 3.05) is 18.2 Å². The van der Waals surface area contributed by atoms with Gasteiger partial charge in [-0.25, -0.2) is 0 Å². The Morgan fingerprint density at radius 1 is 1.44 bits per heavy atom. The van der Waals surface area contributed by atoms with Gasteiger partial charge in [-0.1, -0.05) is 0 Å². The second-order valence-electron chi connectivity index (χ2n) is 4.06. The van der Waals surface area contributed by atoms with E-state index in [-0.39, 0.29) is 0 Å². The summed E-state index contributed by atoms with van der Waals surface area (Å²) in [5.41, 5.74) is 9.07. The molecule has 0 aliphatic rings. The summed E-state index contributed by atoms with van der Waals surface area (Å²) in [4.78, 5) is 0. The maximum Gasteiger partial charge on any atom is 0.197 e. The molecular formula is C11H17N5OS. The van der Waals surface area contributed by atoms with Gasteiger partial charge in [0, 0.05) is 24.8 Å². The molecule has 7 heteroatoms. The molecule has 0 aliphatic carbocycles. The molecule has 0 bridgehead atoms. The molecule has 0 atom stereocenters. The number of aryl methyl sites for hydroxylation is 2. The number of aromatic nitrogens is 3. The number of nitrogen functional groups attached to an aromatic ring is 1. The highest BCUT2D eigenvalue weighted by Gasteiger charge is 2.14. The lowest BCUT2D eigenvalue weighted by molar-refractivity contribution is 0.419. The number of methoxy groups -OCH3 is 1. The molecule has 18 heavy (non-hydrogen) atoms. The van der Waals surface area contributed by atoms with Gasteiger partial charge in [0.05, 0.1) is 12.8 Å². The van der Waals surface area contributed by atoms with Gasteiger partial charge in [-0.05, 0) is 25.4 Å². The molecule has 3 N–H and O–H groups in total. The number of hydrogen-bond donors (Lipinski definition) is 2. The molecule has 0 aromatic carbocycles. The van der Waals surface area contributed by atoms with Crippen LogP contribution in [0.2, 0.25) is 0 Å². The Balaban J connectivity index is 2.16. The second-order valence-corrected chi connectivity index (χ2v) is 4.83. The normalized spacial score (nSPS) is 10.7. The number of nitrogens with one attached hydrogen (secondary N) is 1. The minimum atomic E-state index is 0.421. The predicted molar refractivity (Wildman–Crippen MR) is 73.1 cm³/mol. The highest BCUT2D eigenvalue weighted by molar-refractivity contribution is 7.11. The predicted octanol–water partition coefficient (Wildman–Crippen LogP) is 1.70. The fourth-order valence-electron chi connectivity index (χ4n) is 1.85. The minimum absolute atomic E-state index is 0.421. The first kappa shape index (κ1) is 12.7. The van der Waals surface area contributed by atoms with Crippen molar-refractivity contribution in [2.24, 2.45) is 7.05 Å². The summed E-state index contributed by atoms with van der Waals surface area (Å²) in [7, 11) is 3.53. The third-order valence-corrected chi connectivity index (χ3v) is 3.76. The van der Waals surface area contributed by atoms with Crippen LogP contribution in [0.4, 0.5) is 10.8 Å². The van der Waals surface area contributed by atoms with Crippen LogP contribution < -0.4 is 15.8 Å². The molecule has 0 amide bonds. The van der Waals surface area contributed by atoms with Crippen LogP contribution in [0.1, 0.15) is 17.0 Å². The molecular weight excluding hydrogens is 250 g/mol. The molecule has 6 nitrogen and oxygen atoms in total. The van der Waals surface area contributed by atoms with Gasteiger partial charge in [0.1, 0.15) is 0 Å². The van der Waals surface area contributed by atoms with Gasteiger partial charge in [0.15, 0.2) is 16.6 Å². The zero-order chi connectivity index (χ0) is 13.3. The molecule has 0 unspecified atom stereocenters. The van der Waals surface area contributed by atoms with E-state index in [9.17, 15) is 0 Å². The fourth-order valence-corrected chi connectivity index (χ4v) is 2.53. The zero-order valence-corrected chi connectivity index (χ0v) is 11.8. The molecule has 0 fully saturated rings. The van der Waals surface area contributed by atoms with Gasteiger partial charge in [-0.15, -0.1) is 0 Å². The first-order valence-corrected chi connectivity index (χ1v) is 6.34. The number of ether oxygens (including phenoxy) is 1. The first-order valence-electron chi connectivity index (χ1n) is 5.56. The molecule has 2 heterocycles. The fraction of sp³-hybridized carbons (Fsp3) is 0.455. The highest BCUT2D eigenvalue weighted by Crippen LogP contribution is 2.35. The maximum absolute atomic E-state index is 5.70. The van der Waals surface area contributed by atoms with E-state index in [4.69, 9.17) is 10.5 Å². The van der Waals surface area contributed by atoms with Crippen LogP contribution >= 0.6 is 11.5 Å². The summed E-state index contributed by atoms with van der Waals surface area (Å²) >= 11 is 1.30. The van der Waals surface area contributed by atoms with Gasteiger partial charge >= 0.3 is 0 Å². The molecule has 0 aliphatic heterocycles. The molecule has 0 saturated heterocycles. The number of rotatable bonds is 4. The average Bonchev–Trinajstić information content (AvgIpc) is 2.79. The lowest BCUT2D eigenvalue weighted by Crippen LogP contribution is -2.02. The van der Waals surface area contributed by atoms with E-state index < -0.39 is 0 Å². The van der Waals surface area contributed by atoms with Crippen molar-refractivity contribution in [2.45, 2.75) is 20.4 Å². The molecule has 98 valence electrons. The van der Waals surface area contributed by atoms with Crippen molar-refractivity contribution in [3.05, 3.63) is 17.0 Å². The summed E-state index contributed by atoms with van der Waals surface area (Å²) in [5.74, 6) is 1.03. The quantitative estimate of drug-likeness (QED) is 0.881. The number of anilines is 2. The van der Waals surface area contributed by atoms with Gasteiger partial charge in [-0.2, -0.15) is 9.47 Å². The monoisotopic (exact) mass is 267 g/mol. The molecule has 2 rings (SSSR count). The third kappa shape index (κ3) is 2.13. The van der Waals surface area contributed by atoms with E-state index in [0.717, 1.165) is 16.4 Å². The largest absolute Gasteiger partial charge is 0.490 e. The van der Waals surface area contributed by atoms with Crippen LogP contribution in [0.25, 0.3) is 0 Å². The highest BCUT2D eigenvalue weighted by atomic mass is 32.1. The topological polar surface area (TPSA) is 78.0 Å². The van der Waals surface area contributed by atoms with Crippen LogP contribution in [-0.2, 0) is 13.6 Å². The standard InChI is InChI=1S/C11H17N5OS/c1-6-8(7(2)16(3)14-6)5-13-11-9(17-4)10(12)15-18-11/h13H,5H2,1-4H3,(H2,12,15). The summed E-state index contributed by atoms with van der Waals surface area (Å²) in [6.45, 7) is 4.74. The summed E-state index contributed by atoms with van der Waals surface area (Å²) < 4.78 is 11.2. The van der Waals surface area contributed by atoms with E-state index in [1.807, 2.05) is 18.7 Å². The van der Waals surface area contributed by atoms with Crippen LogP contribution in [0.3, 0.4) is 0 Å². The first-order chi connectivity index (χ1) is 8.54. The van der Waals surface area contributed by atoms with E-state index in [1.54, 1.807) is 7.11 Å². The summed E-state index contributed by atoms with van der Waals surface area (Å²) in [5, 5.41) is 8.52. The van der Waals surface area contributed by atoms with Gasteiger partial charge in [-0.3, -0.25) is 4.68 Å². The second kappa shape index (κ2) is 4.85. The lowest BCUT2D eigenvalue weighted by atomic mass is 10.2. The van der Waals surface area contributed by atoms with Gasteiger partial charge in [0.2, 0.25) is 0 Å². The Labute approximate surface area is 110 Å². The van der Waals surface area contributed by atoms with Crippen molar-refractivity contribution in [3.8, 4) is 5.75 Å². The number of hydrogen-bond acceptors (Lipinski definition) is 6. The Kier molecular flexibility index (Phi) is 3.42. The van der Waals surface area contributed by atoms with Gasteiger partial charge < -0.3 is 15.8 Å². The van der Waals surface area contributed by atoms with Crippen LogP contribution in [-0.4, -0.2) is 21.3 Å². The Hall–Kier alpha value is -1.76. The summed E-state index contributed by atoms with van der Waals surface area (Å²) in [6, 6.07) is 0. The van der Waals surface area contributed by atoms with E-state index in [0.29, 0.717) is 18.1 Å². The van der Waals surface area contributed by atoms with Crippen LogP contribution in [0, 0.1) is 13.8 Å². The van der Waals surface area contributed by atoms with E-state index in [2.05, 4.69) is 21.7 Å².